The highest BCUT2D eigenvalue weighted by Crippen LogP contribution is 2.18. The Labute approximate surface area is 149 Å². The molecule has 0 radical (unpaired) electrons. The van der Waals surface area contributed by atoms with E-state index in [1.165, 1.54) is 0 Å². The number of thiophene rings is 1. The first-order valence-corrected chi connectivity index (χ1v) is 8.57. The highest BCUT2D eigenvalue weighted by molar-refractivity contribution is 7.10. The molecular formula is C15H22N6O3S. The third kappa shape index (κ3) is 5.54. The van der Waals surface area contributed by atoms with Gasteiger partial charge in [-0.05, 0) is 38.0 Å². The molecule has 10 heteroatoms. The number of urea groups is 1. The van der Waals surface area contributed by atoms with Crippen molar-refractivity contribution in [1.82, 2.24) is 25.3 Å². The normalized spacial score (nSPS) is 10.9. The largest absolute Gasteiger partial charge is 0.363 e. The van der Waals surface area contributed by atoms with E-state index in [0.29, 0.717) is 13.1 Å². The molecule has 0 aliphatic heterocycles. The van der Waals surface area contributed by atoms with Gasteiger partial charge in [0.1, 0.15) is 0 Å². The van der Waals surface area contributed by atoms with Gasteiger partial charge in [-0.3, -0.25) is 4.79 Å². The Kier molecular flexibility index (Phi) is 6.48. The van der Waals surface area contributed by atoms with Crippen LogP contribution in [-0.2, 0) is 13.1 Å². The minimum atomic E-state index is -0.776. The molecule has 0 aliphatic carbocycles. The van der Waals surface area contributed by atoms with E-state index in [-0.39, 0.29) is 24.3 Å². The maximum atomic E-state index is 12.5. The first-order chi connectivity index (χ1) is 11.9. The molecule has 25 heavy (non-hydrogen) atoms. The summed E-state index contributed by atoms with van der Waals surface area (Å²) in [4.78, 5) is 32.2. The Balaban J connectivity index is 1.98. The van der Waals surface area contributed by atoms with Crippen molar-refractivity contribution in [1.29, 1.82) is 0 Å². The maximum absolute atomic E-state index is 12.5. The summed E-state index contributed by atoms with van der Waals surface area (Å²) in [7, 11) is 3.91. The fourth-order valence-electron chi connectivity index (χ4n) is 2.00. The van der Waals surface area contributed by atoms with E-state index in [2.05, 4.69) is 15.5 Å². The molecule has 0 saturated heterocycles. The minimum absolute atomic E-state index is 0.0288. The summed E-state index contributed by atoms with van der Waals surface area (Å²) < 4.78 is 4.88. The van der Waals surface area contributed by atoms with Crippen LogP contribution in [0.15, 0.2) is 16.0 Å². The highest BCUT2D eigenvalue weighted by Gasteiger charge is 2.17. The van der Waals surface area contributed by atoms with Crippen LogP contribution >= 0.6 is 11.3 Å². The van der Waals surface area contributed by atoms with Crippen molar-refractivity contribution in [3.63, 3.8) is 0 Å². The summed E-state index contributed by atoms with van der Waals surface area (Å²) in [5.74, 6) is -0.855. The van der Waals surface area contributed by atoms with E-state index in [4.69, 9.17) is 10.3 Å². The molecule has 3 N–H and O–H groups in total. The average molecular weight is 366 g/mol. The molecule has 0 atom stereocenters. The van der Waals surface area contributed by atoms with Crippen molar-refractivity contribution in [3.8, 4) is 0 Å². The second-order valence-corrected chi connectivity index (χ2v) is 6.79. The fraction of sp³-hybridized carbons (Fsp3) is 0.467. The van der Waals surface area contributed by atoms with Gasteiger partial charge in [0.15, 0.2) is 0 Å². The maximum Gasteiger partial charge on any atom is 0.318 e. The van der Waals surface area contributed by atoms with Crippen molar-refractivity contribution in [2.45, 2.75) is 20.0 Å². The summed E-state index contributed by atoms with van der Waals surface area (Å²) >= 11 is 1.62. The number of nitrogens with one attached hydrogen (secondary N) is 1. The second kappa shape index (κ2) is 8.58. The van der Waals surface area contributed by atoms with Crippen molar-refractivity contribution < 1.29 is 14.1 Å². The number of carbonyl (C=O) groups is 2. The number of nitrogens with two attached hydrogens (primary N) is 1. The molecule has 0 aliphatic rings. The smallest absolute Gasteiger partial charge is 0.318 e. The first kappa shape index (κ1) is 18.9. The molecule has 0 bridgehead atoms. The van der Waals surface area contributed by atoms with Crippen molar-refractivity contribution in [3.05, 3.63) is 33.6 Å². The molecule has 2 heterocycles. The number of rotatable bonds is 8. The standard InChI is InChI=1S/C15H22N6O3S/c1-10-4-7-25-11(10)9-21(6-5-20(2)3)15(23)17-8-12-18-14(13(16)22)19-24-12/h4,7H,5-6,8-9H2,1-3H3,(H2,16,22)(H,17,23). The summed E-state index contributed by atoms with van der Waals surface area (Å²) in [6.07, 6.45) is 0. The Hall–Kier alpha value is -2.46. The predicted octanol–water partition coefficient (Wildman–Crippen LogP) is 0.812. The number of aromatic nitrogens is 2. The Morgan fingerprint density at radius 2 is 2.12 bits per heavy atom. The van der Waals surface area contributed by atoms with E-state index in [1.807, 2.05) is 37.4 Å². The summed E-state index contributed by atoms with van der Waals surface area (Å²) in [6, 6.07) is 1.79. The molecule has 0 saturated carbocycles. The average Bonchev–Trinajstić information content (AvgIpc) is 3.18. The number of aryl methyl sites for hydroxylation is 1. The van der Waals surface area contributed by atoms with Crippen LogP contribution in [0.5, 0.6) is 0 Å². The van der Waals surface area contributed by atoms with Gasteiger partial charge in [0.2, 0.25) is 5.89 Å². The van der Waals surface area contributed by atoms with Crippen LogP contribution in [0.25, 0.3) is 0 Å². The van der Waals surface area contributed by atoms with Crippen LogP contribution in [0.2, 0.25) is 0 Å². The van der Waals surface area contributed by atoms with E-state index < -0.39 is 5.91 Å². The van der Waals surface area contributed by atoms with Crippen LogP contribution in [0.3, 0.4) is 0 Å². The zero-order valence-electron chi connectivity index (χ0n) is 14.5. The van der Waals surface area contributed by atoms with E-state index in [9.17, 15) is 9.59 Å². The van der Waals surface area contributed by atoms with Gasteiger partial charge in [-0.15, -0.1) is 11.3 Å². The summed E-state index contributed by atoms with van der Waals surface area (Å²) in [5.41, 5.74) is 6.23. The lowest BCUT2D eigenvalue weighted by atomic mass is 10.3. The number of nitrogens with zero attached hydrogens (tertiary/aromatic N) is 4. The predicted molar refractivity (Wildman–Crippen MR) is 93.1 cm³/mol. The molecule has 2 aromatic heterocycles. The van der Waals surface area contributed by atoms with Crippen LogP contribution in [-0.4, -0.2) is 59.1 Å². The molecular weight excluding hydrogens is 344 g/mol. The van der Waals surface area contributed by atoms with Gasteiger partial charge in [-0.25, -0.2) is 4.79 Å². The first-order valence-electron chi connectivity index (χ1n) is 7.69. The van der Waals surface area contributed by atoms with Gasteiger partial charge < -0.3 is 25.4 Å². The number of likely N-dealkylation sites (N-methyl/N-ethyl adjacent to an activating group) is 1. The van der Waals surface area contributed by atoms with Gasteiger partial charge in [0.25, 0.3) is 11.7 Å². The van der Waals surface area contributed by atoms with E-state index in [0.717, 1.165) is 17.0 Å². The number of amides is 3. The zero-order valence-corrected chi connectivity index (χ0v) is 15.3. The summed E-state index contributed by atoms with van der Waals surface area (Å²) in [6.45, 7) is 3.90. The number of carbonyl (C=O) groups excluding carboxylic acids is 2. The van der Waals surface area contributed by atoms with Crippen LogP contribution < -0.4 is 11.1 Å². The molecule has 2 rings (SSSR count). The lowest BCUT2D eigenvalue weighted by Gasteiger charge is -2.24. The lowest BCUT2D eigenvalue weighted by molar-refractivity contribution is 0.0987. The van der Waals surface area contributed by atoms with Crippen LogP contribution in [0, 0.1) is 6.92 Å². The number of primary amides is 1. The van der Waals surface area contributed by atoms with Gasteiger partial charge in [-0.2, -0.15) is 4.98 Å². The van der Waals surface area contributed by atoms with Gasteiger partial charge in [-0.1, -0.05) is 5.16 Å². The molecule has 0 fully saturated rings. The van der Waals surface area contributed by atoms with Crippen molar-refractivity contribution in [2.24, 2.45) is 5.73 Å². The Morgan fingerprint density at radius 3 is 2.68 bits per heavy atom. The minimum Gasteiger partial charge on any atom is -0.363 e. The zero-order chi connectivity index (χ0) is 18.4. The monoisotopic (exact) mass is 366 g/mol. The molecule has 9 nitrogen and oxygen atoms in total. The molecule has 0 unspecified atom stereocenters. The van der Waals surface area contributed by atoms with Gasteiger partial charge in [0, 0.05) is 18.0 Å². The molecule has 0 spiro atoms. The van der Waals surface area contributed by atoms with Crippen molar-refractivity contribution in [2.75, 3.05) is 27.2 Å². The fourth-order valence-corrected chi connectivity index (χ4v) is 2.92. The Bertz CT molecular complexity index is 726. The number of hydrogen-bond acceptors (Lipinski definition) is 7. The molecule has 3 amide bonds. The lowest BCUT2D eigenvalue weighted by Crippen LogP contribution is -2.42. The van der Waals surface area contributed by atoms with Crippen LogP contribution in [0.1, 0.15) is 27.0 Å². The van der Waals surface area contributed by atoms with Crippen LogP contribution in [0.4, 0.5) is 4.79 Å². The topological polar surface area (TPSA) is 118 Å². The quantitative estimate of drug-likeness (QED) is 0.714. The Morgan fingerprint density at radius 1 is 1.36 bits per heavy atom. The van der Waals surface area contributed by atoms with E-state index in [1.54, 1.807) is 16.2 Å². The third-order valence-electron chi connectivity index (χ3n) is 3.49. The molecule has 2 aromatic rings. The molecule has 136 valence electrons. The summed E-state index contributed by atoms with van der Waals surface area (Å²) in [5, 5.41) is 8.18. The SMILES string of the molecule is Cc1ccsc1CN(CCN(C)C)C(=O)NCc1nc(C(N)=O)no1. The highest BCUT2D eigenvalue weighted by atomic mass is 32.1. The number of hydrogen-bond donors (Lipinski definition) is 2. The molecule has 0 aromatic carbocycles. The second-order valence-electron chi connectivity index (χ2n) is 5.79. The van der Waals surface area contributed by atoms with Gasteiger partial charge >= 0.3 is 6.03 Å². The third-order valence-corrected chi connectivity index (χ3v) is 4.49. The van der Waals surface area contributed by atoms with Gasteiger partial charge in [0.05, 0.1) is 13.1 Å². The van der Waals surface area contributed by atoms with Crippen molar-refractivity contribution >= 4 is 23.3 Å². The van der Waals surface area contributed by atoms with E-state index >= 15 is 0 Å².